The summed E-state index contributed by atoms with van der Waals surface area (Å²) in [6.45, 7) is 8.41. The maximum Gasteiger partial charge on any atom is 0.308 e. The number of ether oxygens (including phenoxy) is 12. The molecule has 4 saturated heterocycles. The van der Waals surface area contributed by atoms with Gasteiger partial charge < -0.3 is 61.9 Å². The molecule has 4 rings (SSSR count). The van der Waals surface area contributed by atoms with Crippen LogP contribution in [-0.4, -0.2) is 144 Å². The molecule has 0 spiro atoms. The van der Waals surface area contributed by atoms with E-state index in [2.05, 4.69) is 0 Å². The highest BCUT2D eigenvalue weighted by Crippen LogP contribution is 2.35. The molecule has 0 radical (unpaired) electrons. The largest absolute Gasteiger partial charge is 0.460 e. The van der Waals surface area contributed by atoms with E-state index >= 15 is 0 Å². The summed E-state index contributed by atoms with van der Waals surface area (Å²) < 4.78 is 70.8. The number of aliphatic hydroxyl groups excluding tert-OH is 1. The van der Waals surface area contributed by atoms with Crippen LogP contribution in [-0.2, 0) is 66.4 Å². The minimum Gasteiger partial charge on any atom is -0.460 e. The molecule has 0 aromatic heterocycles. The molecule has 0 unspecified atom stereocenters. The third-order valence-corrected chi connectivity index (χ3v) is 8.90. The number of hydrogen-bond donors (Lipinski definition) is 1. The van der Waals surface area contributed by atoms with E-state index in [0.717, 1.165) is 0 Å². The molecule has 4 fully saturated rings. The zero-order chi connectivity index (χ0) is 33.0. The van der Waals surface area contributed by atoms with Crippen molar-refractivity contribution in [2.45, 2.75) is 152 Å². The van der Waals surface area contributed by atoms with Gasteiger partial charge in [-0.15, -0.1) is 0 Å². The van der Waals surface area contributed by atoms with Crippen molar-refractivity contribution >= 4 is 11.9 Å². The lowest BCUT2D eigenvalue weighted by molar-refractivity contribution is -0.353. The fourth-order valence-corrected chi connectivity index (χ4v) is 6.54. The molecule has 16 atom stereocenters. The molecule has 4 heterocycles. The molecule has 4 aliphatic rings. The maximum absolute atomic E-state index is 11.9. The molecular weight excluding hydrogens is 600 g/mol. The first-order valence-electron chi connectivity index (χ1n) is 15.5. The number of hydrogen-bond acceptors (Lipinski definition) is 15. The molecule has 0 amide bonds. The second-order valence-electron chi connectivity index (χ2n) is 12.0. The Hall–Kier alpha value is -1.50. The fourth-order valence-electron chi connectivity index (χ4n) is 6.54. The molecule has 0 aromatic carbocycles. The Morgan fingerprint density at radius 1 is 0.667 bits per heavy atom. The number of carbonyl (C=O) groups is 2. The normalized spacial score (nSPS) is 46.0. The van der Waals surface area contributed by atoms with Gasteiger partial charge >= 0.3 is 11.9 Å². The van der Waals surface area contributed by atoms with Crippen molar-refractivity contribution < 1.29 is 71.5 Å². The SMILES string of the molecule is CO[C@H]1[C@@H](O)[C@@H](C)O[C@@H](O[C@H]2[C@@H](OC)C[C@H](O[C@H]3[C@@H](OC)C[C@H](O[C@H]4[C@H](C)OC(=O)C[C@@H]4OC)O[C@@H]3C)O[C@@H]2C)[C@@H]1OC(C)=O. The van der Waals surface area contributed by atoms with Gasteiger partial charge in [-0.25, -0.2) is 0 Å². The molecule has 45 heavy (non-hydrogen) atoms. The molecule has 15 heteroatoms. The average Bonchev–Trinajstić information content (AvgIpc) is 2.98. The molecular formula is C30H50O15. The zero-order valence-electron chi connectivity index (χ0n) is 27.5. The van der Waals surface area contributed by atoms with Crippen LogP contribution in [0.4, 0.5) is 0 Å². The van der Waals surface area contributed by atoms with Crippen molar-refractivity contribution in [3.8, 4) is 0 Å². The van der Waals surface area contributed by atoms with E-state index in [0.29, 0.717) is 12.8 Å². The first kappa shape index (κ1) is 36.3. The number of esters is 2. The molecule has 260 valence electrons. The van der Waals surface area contributed by atoms with Crippen molar-refractivity contribution in [1.82, 2.24) is 0 Å². The highest BCUT2D eigenvalue weighted by atomic mass is 16.8. The van der Waals surface area contributed by atoms with Crippen LogP contribution in [0.5, 0.6) is 0 Å². The summed E-state index contributed by atoms with van der Waals surface area (Å²) in [6.07, 6.45) is -9.58. The van der Waals surface area contributed by atoms with Crippen LogP contribution < -0.4 is 0 Å². The van der Waals surface area contributed by atoms with Gasteiger partial charge in [0, 0.05) is 48.2 Å². The Labute approximate surface area is 264 Å². The summed E-state index contributed by atoms with van der Waals surface area (Å²) in [5.74, 6) is -0.896. The van der Waals surface area contributed by atoms with Crippen molar-refractivity contribution in [3.05, 3.63) is 0 Å². The van der Waals surface area contributed by atoms with Crippen molar-refractivity contribution in [2.24, 2.45) is 0 Å². The van der Waals surface area contributed by atoms with Crippen LogP contribution in [0.2, 0.25) is 0 Å². The quantitative estimate of drug-likeness (QED) is 0.313. The fraction of sp³-hybridized carbons (Fsp3) is 0.933. The average molecular weight is 651 g/mol. The van der Waals surface area contributed by atoms with E-state index in [1.54, 1.807) is 28.1 Å². The standard InChI is InChI=1S/C30H50O15/c1-13-24(33)28(37-9)29(42-17(5)31)30(41-13)45-27-16(4)40-23(12-20(27)36-8)44-26-15(3)39-22(11-19(26)35-7)43-25-14(2)38-21(32)10-18(25)34-6/h13-16,18-20,22-30,33H,10-12H2,1-9H3/t13-,14+,15-,16-,18+,19+,20+,22+,23+,24+,25+,26-,27-,28+,29-,30+/m1/s1. The number of carbonyl (C=O) groups excluding carboxylic acids is 2. The van der Waals surface area contributed by atoms with E-state index in [1.807, 2.05) is 13.8 Å². The Morgan fingerprint density at radius 2 is 1.18 bits per heavy atom. The monoisotopic (exact) mass is 650 g/mol. The van der Waals surface area contributed by atoms with Crippen LogP contribution in [0.25, 0.3) is 0 Å². The van der Waals surface area contributed by atoms with E-state index in [9.17, 15) is 14.7 Å². The number of aliphatic hydroxyl groups is 1. The van der Waals surface area contributed by atoms with Gasteiger partial charge in [0.1, 0.15) is 36.6 Å². The Morgan fingerprint density at radius 3 is 1.67 bits per heavy atom. The molecule has 15 nitrogen and oxygen atoms in total. The molecule has 0 aliphatic carbocycles. The minimum atomic E-state index is -1.04. The van der Waals surface area contributed by atoms with E-state index in [-0.39, 0.29) is 12.4 Å². The first-order valence-corrected chi connectivity index (χ1v) is 15.5. The third-order valence-electron chi connectivity index (χ3n) is 8.90. The topological polar surface area (TPSA) is 165 Å². The van der Waals surface area contributed by atoms with Gasteiger partial charge in [0.25, 0.3) is 0 Å². The van der Waals surface area contributed by atoms with Crippen LogP contribution >= 0.6 is 0 Å². The Balaban J connectivity index is 1.39. The molecule has 0 bridgehead atoms. The van der Waals surface area contributed by atoms with Gasteiger partial charge in [0.15, 0.2) is 25.0 Å². The Bertz CT molecular complexity index is 968. The van der Waals surface area contributed by atoms with Gasteiger partial charge in [-0.1, -0.05) is 0 Å². The molecule has 0 aromatic rings. The van der Waals surface area contributed by atoms with E-state index < -0.39 is 104 Å². The summed E-state index contributed by atoms with van der Waals surface area (Å²) in [4.78, 5) is 23.7. The van der Waals surface area contributed by atoms with E-state index in [1.165, 1.54) is 21.1 Å². The Kier molecular flexibility index (Phi) is 13.0. The smallest absolute Gasteiger partial charge is 0.308 e. The predicted octanol–water partition coefficient (Wildman–Crippen LogP) is 0.845. The molecule has 1 N–H and O–H groups in total. The van der Waals surface area contributed by atoms with Crippen LogP contribution in [0.3, 0.4) is 0 Å². The van der Waals surface area contributed by atoms with E-state index in [4.69, 9.17) is 56.8 Å². The van der Waals surface area contributed by atoms with Gasteiger partial charge in [-0.2, -0.15) is 0 Å². The second-order valence-corrected chi connectivity index (χ2v) is 12.0. The van der Waals surface area contributed by atoms with Crippen molar-refractivity contribution in [1.29, 1.82) is 0 Å². The lowest BCUT2D eigenvalue weighted by Crippen LogP contribution is -2.62. The van der Waals surface area contributed by atoms with Gasteiger partial charge in [-0.3, -0.25) is 9.59 Å². The summed E-state index contributed by atoms with van der Waals surface area (Å²) in [5, 5.41) is 10.6. The predicted molar refractivity (Wildman–Crippen MR) is 152 cm³/mol. The number of rotatable bonds is 11. The van der Waals surface area contributed by atoms with Gasteiger partial charge in [-0.05, 0) is 27.7 Å². The molecule has 4 aliphatic heterocycles. The van der Waals surface area contributed by atoms with Gasteiger partial charge in [0.05, 0.1) is 43.0 Å². The highest BCUT2D eigenvalue weighted by Gasteiger charge is 2.51. The summed E-state index contributed by atoms with van der Waals surface area (Å²) in [5.41, 5.74) is 0. The van der Waals surface area contributed by atoms with Crippen LogP contribution in [0.1, 0.15) is 53.9 Å². The van der Waals surface area contributed by atoms with Crippen molar-refractivity contribution in [2.75, 3.05) is 28.4 Å². The molecule has 0 saturated carbocycles. The van der Waals surface area contributed by atoms with Gasteiger partial charge in [0.2, 0.25) is 0 Å². The highest BCUT2D eigenvalue weighted by molar-refractivity contribution is 5.71. The van der Waals surface area contributed by atoms with Crippen LogP contribution in [0, 0.1) is 0 Å². The number of cyclic esters (lactones) is 1. The maximum atomic E-state index is 11.9. The van der Waals surface area contributed by atoms with Crippen LogP contribution in [0.15, 0.2) is 0 Å². The lowest BCUT2D eigenvalue weighted by atomic mass is 9.97. The summed E-state index contributed by atoms with van der Waals surface area (Å²) in [6, 6.07) is 0. The second kappa shape index (κ2) is 16.1. The zero-order valence-corrected chi connectivity index (χ0v) is 27.5. The van der Waals surface area contributed by atoms with Crippen molar-refractivity contribution in [3.63, 3.8) is 0 Å². The lowest BCUT2D eigenvalue weighted by Gasteiger charge is -2.47. The summed E-state index contributed by atoms with van der Waals surface area (Å²) in [7, 11) is 6.12. The minimum absolute atomic E-state index is 0.0982. The third kappa shape index (κ3) is 8.51. The number of methoxy groups -OCH3 is 4. The first-order chi connectivity index (χ1) is 21.4. The summed E-state index contributed by atoms with van der Waals surface area (Å²) >= 11 is 0.